The van der Waals surface area contributed by atoms with E-state index in [2.05, 4.69) is 15.3 Å². The molecule has 1 saturated heterocycles. The summed E-state index contributed by atoms with van der Waals surface area (Å²) in [5, 5.41) is 6.63. The molecule has 1 aromatic heterocycles. The van der Waals surface area contributed by atoms with Crippen molar-refractivity contribution in [3.05, 3.63) is 46.7 Å². The Morgan fingerprint density at radius 2 is 1.74 bits per heavy atom. The number of rotatable bonds is 5. The summed E-state index contributed by atoms with van der Waals surface area (Å²) in [5.41, 5.74) is -0.725. The highest BCUT2D eigenvalue weighted by Gasteiger charge is 2.40. The van der Waals surface area contributed by atoms with Gasteiger partial charge in [-0.3, -0.25) is 14.3 Å². The van der Waals surface area contributed by atoms with Gasteiger partial charge in [-0.15, -0.1) is 0 Å². The Hall–Kier alpha value is -2.75. The summed E-state index contributed by atoms with van der Waals surface area (Å²) >= 11 is 5.90. The minimum atomic E-state index is -4.74. The molecule has 1 fully saturated rings. The van der Waals surface area contributed by atoms with Crippen molar-refractivity contribution in [1.82, 2.24) is 20.0 Å². The summed E-state index contributed by atoms with van der Waals surface area (Å²) in [6.45, 7) is 4.77. The number of amides is 2. The van der Waals surface area contributed by atoms with Crippen molar-refractivity contribution in [1.29, 1.82) is 0 Å². The first kappa shape index (κ1) is 22.9. The Morgan fingerprint density at radius 3 is 2.29 bits per heavy atom. The molecule has 11 heteroatoms. The van der Waals surface area contributed by atoms with Gasteiger partial charge in [-0.2, -0.15) is 18.3 Å². The summed E-state index contributed by atoms with van der Waals surface area (Å²) in [7, 11) is 0. The zero-order chi connectivity index (χ0) is 22.8. The number of anilines is 1. The van der Waals surface area contributed by atoms with E-state index < -0.39 is 29.4 Å². The Kier molecular flexibility index (Phi) is 6.78. The van der Waals surface area contributed by atoms with Gasteiger partial charge in [0, 0.05) is 42.9 Å². The standard InChI is InChI=1S/C20H23ClF3N5O2/c1-13(2)29-18(20(22,23)24)16(11-26-29)19(31)25-12-17(30)28-9-7-27(8-10-28)15-5-3-14(21)4-6-15/h3-6,11,13H,7-10,12H2,1-2H3,(H,25,31). The number of hydrogen-bond donors (Lipinski definition) is 1. The maximum atomic E-state index is 13.4. The molecule has 0 radical (unpaired) electrons. The highest BCUT2D eigenvalue weighted by atomic mass is 35.5. The lowest BCUT2D eigenvalue weighted by Gasteiger charge is -2.36. The number of alkyl halides is 3. The van der Waals surface area contributed by atoms with Gasteiger partial charge in [0.1, 0.15) is 0 Å². The second-order valence-corrected chi connectivity index (χ2v) is 7.91. The average molecular weight is 458 g/mol. The molecular weight excluding hydrogens is 435 g/mol. The summed E-state index contributed by atoms with van der Waals surface area (Å²) in [6.07, 6.45) is -3.86. The molecule has 1 aliphatic heterocycles. The van der Waals surface area contributed by atoms with Crippen molar-refractivity contribution < 1.29 is 22.8 Å². The third kappa shape index (κ3) is 5.30. The Morgan fingerprint density at radius 1 is 1.13 bits per heavy atom. The van der Waals surface area contributed by atoms with Crippen LogP contribution in [0.3, 0.4) is 0 Å². The minimum absolute atomic E-state index is 0.353. The van der Waals surface area contributed by atoms with Crippen LogP contribution in [-0.4, -0.2) is 59.2 Å². The first-order valence-corrected chi connectivity index (χ1v) is 10.2. The molecule has 1 N–H and O–H groups in total. The van der Waals surface area contributed by atoms with Crippen molar-refractivity contribution in [3.8, 4) is 0 Å². The van der Waals surface area contributed by atoms with Gasteiger partial charge in [0.2, 0.25) is 5.91 Å². The van der Waals surface area contributed by atoms with Crippen LogP contribution in [0.2, 0.25) is 5.02 Å². The SMILES string of the molecule is CC(C)n1ncc(C(=O)NCC(=O)N2CCN(c3ccc(Cl)cc3)CC2)c1C(F)(F)F. The summed E-state index contributed by atoms with van der Waals surface area (Å²) in [5.74, 6) is -1.33. The summed E-state index contributed by atoms with van der Waals surface area (Å²) < 4.78 is 41.0. The van der Waals surface area contributed by atoms with E-state index in [1.165, 1.54) is 13.8 Å². The molecule has 2 amide bonds. The first-order chi connectivity index (χ1) is 14.6. The number of nitrogens with zero attached hydrogens (tertiary/aromatic N) is 4. The van der Waals surface area contributed by atoms with Crippen LogP contribution in [0.4, 0.5) is 18.9 Å². The third-order valence-electron chi connectivity index (χ3n) is 5.02. The molecule has 7 nitrogen and oxygen atoms in total. The van der Waals surface area contributed by atoms with E-state index >= 15 is 0 Å². The van der Waals surface area contributed by atoms with Crippen LogP contribution < -0.4 is 10.2 Å². The quantitative estimate of drug-likeness (QED) is 0.748. The number of halogens is 4. The van der Waals surface area contributed by atoms with Gasteiger partial charge in [0.15, 0.2) is 5.69 Å². The fraction of sp³-hybridized carbons (Fsp3) is 0.450. The van der Waals surface area contributed by atoms with Crippen molar-refractivity contribution in [3.63, 3.8) is 0 Å². The molecule has 1 aromatic carbocycles. The lowest BCUT2D eigenvalue weighted by Crippen LogP contribution is -2.51. The number of piperazine rings is 1. The molecule has 0 unspecified atom stereocenters. The monoisotopic (exact) mass is 457 g/mol. The second kappa shape index (κ2) is 9.17. The zero-order valence-electron chi connectivity index (χ0n) is 17.1. The van der Waals surface area contributed by atoms with Crippen molar-refractivity contribution >= 4 is 29.1 Å². The van der Waals surface area contributed by atoms with E-state index in [0.29, 0.717) is 31.2 Å². The van der Waals surface area contributed by atoms with Gasteiger partial charge in [0.05, 0.1) is 18.3 Å². The molecular formula is C20H23ClF3N5O2. The molecule has 0 bridgehead atoms. The molecule has 1 aliphatic rings. The second-order valence-electron chi connectivity index (χ2n) is 7.47. The van der Waals surface area contributed by atoms with Gasteiger partial charge < -0.3 is 15.1 Å². The Bertz CT molecular complexity index is 935. The normalized spacial score (nSPS) is 14.8. The van der Waals surface area contributed by atoms with E-state index in [1.807, 2.05) is 12.1 Å². The third-order valence-corrected chi connectivity index (χ3v) is 5.27. The predicted molar refractivity (Wildman–Crippen MR) is 110 cm³/mol. The average Bonchev–Trinajstić information content (AvgIpc) is 3.19. The van der Waals surface area contributed by atoms with Gasteiger partial charge >= 0.3 is 6.18 Å². The number of carbonyl (C=O) groups excluding carboxylic acids is 2. The molecule has 2 heterocycles. The predicted octanol–water partition coefficient (Wildman–Crippen LogP) is 3.21. The largest absolute Gasteiger partial charge is 0.433 e. The zero-order valence-corrected chi connectivity index (χ0v) is 17.9. The van der Waals surface area contributed by atoms with Crippen LogP contribution in [0.25, 0.3) is 0 Å². The van der Waals surface area contributed by atoms with E-state index in [0.717, 1.165) is 16.6 Å². The molecule has 0 atom stereocenters. The fourth-order valence-electron chi connectivity index (χ4n) is 3.43. The Balaban J connectivity index is 1.57. The van der Waals surface area contributed by atoms with Crippen molar-refractivity contribution in [2.75, 3.05) is 37.6 Å². The topological polar surface area (TPSA) is 70.5 Å². The molecule has 3 rings (SSSR count). The van der Waals surface area contributed by atoms with E-state index in [-0.39, 0.29) is 12.5 Å². The maximum Gasteiger partial charge on any atom is 0.433 e. The minimum Gasteiger partial charge on any atom is -0.368 e. The smallest absolute Gasteiger partial charge is 0.368 e. The molecule has 0 saturated carbocycles. The highest BCUT2D eigenvalue weighted by molar-refractivity contribution is 6.30. The molecule has 2 aromatic rings. The highest BCUT2D eigenvalue weighted by Crippen LogP contribution is 2.33. The van der Waals surface area contributed by atoms with Gasteiger partial charge in [-0.25, -0.2) is 0 Å². The van der Waals surface area contributed by atoms with Crippen LogP contribution in [0, 0.1) is 0 Å². The first-order valence-electron chi connectivity index (χ1n) is 9.79. The molecule has 0 spiro atoms. The van der Waals surface area contributed by atoms with E-state index in [9.17, 15) is 22.8 Å². The van der Waals surface area contributed by atoms with E-state index in [4.69, 9.17) is 11.6 Å². The lowest BCUT2D eigenvalue weighted by molar-refractivity contribution is -0.145. The number of aromatic nitrogens is 2. The van der Waals surface area contributed by atoms with Gasteiger partial charge in [-0.1, -0.05) is 11.6 Å². The number of carbonyl (C=O) groups is 2. The summed E-state index contributed by atoms with van der Waals surface area (Å²) in [4.78, 5) is 28.5. The van der Waals surface area contributed by atoms with Crippen LogP contribution >= 0.6 is 11.6 Å². The van der Waals surface area contributed by atoms with Crippen LogP contribution in [0.5, 0.6) is 0 Å². The molecule has 168 valence electrons. The number of nitrogens with one attached hydrogen (secondary N) is 1. The number of hydrogen-bond acceptors (Lipinski definition) is 4. The Labute approximate surface area is 182 Å². The van der Waals surface area contributed by atoms with Crippen LogP contribution in [0.15, 0.2) is 30.5 Å². The van der Waals surface area contributed by atoms with Gasteiger partial charge in [0.25, 0.3) is 5.91 Å². The van der Waals surface area contributed by atoms with Crippen LogP contribution in [0.1, 0.15) is 35.9 Å². The molecule has 31 heavy (non-hydrogen) atoms. The van der Waals surface area contributed by atoms with Crippen molar-refractivity contribution in [2.45, 2.75) is 26.1 Å². The van der Waals surface area contributed by atoms with E-state index in [1.54, 1.807) is 17.0 Å². The van der Waals surface area contributed by atoms with Gasteiger partial charge in [-0.05, 0) is 38.1 Å². The van der Waals surface area contributed by atoms with Crippen LogP contribution in [-0.2, 0) is 11.0 Å². The lowest BCUT2D eigenvalue weighted by atomic mass is 10.2. The number of benzene rings is 1. The molecule has 0 aliphatic carbocycles. The van der Waals surface area contributed by atoms with Crippen molar-refractivity contribution in [2.24, 2.45) is 0 Å². The maximum absolute atomic E-state index is 13.4. The summed E-state index contributed by atoms with van der Waals surface area (Å²) in [6, 6.07) is 6.81. The fourth-order valence-corrected chi connectivity index (χ4v) is 3.56.